The van der Waals surface area contributed by atoms with Gasteiger partial charge < -0.3 is 14.8 Å². The second-order valence-corrected chi connectivity index (χ2v) is 4.93. The Hall–Kier alpha value is -1.07. The molecule has 1 aliphatic rings. The molecule has 1 aromatic rings. The molecule has 0 bridgehead atoms. The lowest BCUT2D eigenvalue weighted by Crippen LogP contribution is -2.36. The molecule has 0 saturated carbocycles. The molecule has 0 spiro atoms. The van der Waals surface area contributed by atoms with Crippen molar-refractivity contribution in [3.8, 4) is 5.75 Å². The van der Waals surface area contributed by atoms with Crippen molar-refractivity contribution in [2.75, 3.05) is 19.8 Å². The van der Waals surface area contributed by atoms with E-state index < -0.39 is 0 Å². The highest BCUT2D eigenvalue weighted by Crippen LogP contribution is 2.23. The first kappa shape index (κ1) is 13.4. The molecule has 1 amide bonds. The zero-order chi connectivity index (χ0) is 12.8. The molecular weight excluding hydrogens is 298 g/mol. The average molecular weight is 314 g/mol. The molecular formula is C13H16BrNO3. The van der Waals surface area contributed by atoms with Gasteiger partial charge in [-0.2, -0.15) is 0 Å². The Bertz CT molecular complexity index is 405. The minimum Gasteiger partial charge on any atom is -0.491 e. The molecule has 4 nitrogen and oxygen atoms in total. The number of amides is 1. The summed E-state index contributed by atoms with van der Waals surface area (Å²) >= 11 is 3.40. The fourth-order valence-corrected chi connectivity index (χ4v) is 2.19. The molecule has 98 valence electrons. The standard InChI is InChI=1S/C13H16BrNO3/c14-10-4-1-2-5-11(10)18-9-7-15-13(16)12-6-3-8-17-12/h1-2,4-5,12H,3,6-9H2,(H,15,16). The van der Waals surface area contributed by atoms with Gasteiger partial charge in [0, 0.05) is 6.61 Å². The normalized spacial score (nSPS) is 18.6. The molecule has 5 heteroatoms. The predicted octanol–water partition coefficient (Wildman–Crippen LogP) is 2.12. The minimum absolute atomic E-state index is 0.0387. The Morgan fingerprint density at radius 3 is 3.06 bits per heavy atom. The van der Waals surface area contributed by atoms with E-state index in [4.69, 9.17) is 9.47 Å². The van der Waals surface area contributed by atoms with E-state index in [1.54, 1.807) is 0 Å². The third kappa shape index (κ3) is 3.71. The number of hydrogen-bond acceptors (Lipinski definition) is 3. The summed E-state index contributed by atoms with van der Waals surface area (Å²) in [7, 11) is 0. The number of rotatable bonds is 5. The van der Waals surface area contributed by atoms with Crippen LogP contribution in [0.1, 0.15) is 12.8 Å². The van der Waals surface area contributed by atoms with Crippen molar-refractivity contribution in [3.05, 3.63) is 28.7 Å². The highest BCUT2D eigenvalue weighted by atomic mass is 79.9. The molecule has 2 rings (SSSR count). The van der Waals surface area contributed by atoms with Gasteiger partial charge in [-0.25, -0.2) is 0 Å². The summed E-state index contributed by atoms with van der Waals surface area (Å²) in [4.78, 5) is 11.6. The third-order valence-electron chi connectivity index (χ3n) is 2.72. The summed E-state index contributed by atoms with van der Waals surface area (Å²) in [5, 5.41) is 2.81. The monoisotopic (exact) mass is 313 g/mol. The number of nitrogens with one attached hydrogen (secondary N) is 1. The summed E-state index contributed by atoms with van der Waals surface area (Å²) in [5.41, 5.74) is 0. The molecule has 0 aliphatic carbocycles. The van der Waals surface area contributed by atoms with Crippen LogP contribution in [-0.4, -0.2) is 31.8 Å². The van der Waals surface area contributed by atoms with Gasteiger partial charge >= 0.3 is 0 Å². The van der Waals surface area contributed by atoms with Crippen molar-refractivity contribution < 1.29 is 14.3 Å². The van der Waals surface area contributed by atoms with Gasteiger partial charge in [0.05, 0.1) is 11.0 Å². The number of carbonyl (C=O) groups excluding carboxylic acids is 1. The van der Waals surface area contributed by atoms with E-state index in [0.717, 1.165) is 23.1 Å². The second-order valence-electron chi connectivity index (χ2n) is 4.07. The Morgan fingerprint density at radius 2 is 2.33 bits per heavy atom. The largest absolute Gasteiger partial charge is 0.491 e. The van der Waals surface area contributed by atoms with Gasteiger partial charge in [0.2, 0.25) is 5.91 Å². The summed E-state index contributed by atoms with van der Waals surface area (Å²) < 4.78 is 11.7. The van der Waals surface area contributed by atoms with E-state index in [2.05, 4.69) is 21.2 Å². The van der Waals surface area contributed by atoms with Crippen molar-refractivity contribution in [3.63, 3.8) is 0 Å². The van der Waals surface area contributed by atoms with Crippen molar-refractivity contribution in [2.24, 2.45) is 0 Å². The number of carbonyl (C=O) groups is 1. The second kappa shape index (κ2) is 6.75. The van der Waals surface area contributed by atoms with Crippen molar-refractivity contribution in [1.82, 2.24) is 5.32 Å². The average Bonchev–Trinajstić information content (AvgIpc) is 2.90. The molecule has 1 unspecified atom stereocenters. The van der Waals surface area contributed by atoms with Crippen LogP contribution in [0.15, 0.2) is 28.7 Å². The number of ether oxygens (including phenoxy) is 2. The van der Waals surface area contributed by atoms with Crippen molar-refractivity contribution in [2.45, 2.75) is 18.9 Å². The zero-order valence-electron chi connectivity index (χ0n) is 10.0. The van der Waals surface area contributed by atoms with Gasteiger partial charge in [0.1, 0.15) is 18.5 Å². The number of halogens is 1. The van der Waals surface area contributed by atoms with Crippen LogP contribution in [0.25, 0.3) is 0 Å². The molecule has 1 heterocycles. The van der Waals surface area contributed by atoms with E-state index in [-0.39, 0.29) is 12.0 Å². The zero-order valence-corrected chi connectivity index (χ0v) is 11.6. The van der Waals surface area contributed by atoms with Crippen LogP contribution in [0.2, 0.25) is 0 Å². The van der Waals surface area contributed by atoms with Crippen LogP contribution in [0.3, 0.4) is 0 Å². The maximum Gasteiger partial charge on any atom is 0.249 e. The Morgan fingerprint density at radius 1 is 1.50 bits per heavy atom. The van der Waals surface area contributed by atoms with Crippen LogP contribution < -0.4 is 10.1 Å². The summed E-state index contributed by atoms with van der Waals surface area (Å²) in [6.07, 6.45) is 1.51. The molecule has 0 radical (unpaired) electrons. The topological polar surface area (TPSA) is 47.6 Å². The molecule has 1 fully saturated rings. The number of para-hydroxylation sites is 1. The molecule has 1 saturated heterocycles. The van der Waals surface area contributed by atoms with Gasteiger partial charge in [0.15, 0.2) is 0 Å². The van der Waals surface area contributed by atoms with Gasteiger partial charge in [-0.05, 0) is 40.9 Å². The summed E-state index contributed by atoms with van der Waals surface area (Å²) in [6.45, 7) is 1.62. The maximum atomic E-state index is 11.6. The summed E-state index contributed by atoms with van der Waals surface area (Å²) in [6, 6.07) is 7.63. The quantitative estimate of drug-likeness (QED) is 0.847. The first-order valence-corrected chi connectivity index (χ1v) is 6.83. The van der Waals surface area contributed by atoms with Crippen molar-refractivity contribution in [1.29, 1.82) is 0 Å². The van der Waals surface area contributed by atoms with Crippen LogP contribution in [-0.2, 0) is 9.53 Å². The lowest BCUT2D eigenvalue weighted by molar-refractivity contribution is -0.130. The van der Waals surface area contributed by atoms with E-state index >= 15 is 0 Å². The first-order chi connectivity index (χ1) is 8.77. The van der Waals surface area contributed by atoms with Crippen LogP contribution >= 0.6 is 15.9 Å². The predicted molar refractivity (Wildman–Crippen MR) is 71.6 cm³/mol. The highest BCUT2D eigenvalue weighted by molar-refractivity contribution is 9.10. The highest BCUT2D eigenvalue weighted by Gasteiger charge is 2.22. The summed E-state index contributed by atoms with van der Waals surface area (Å²) in [5.74, 6) is 0.743. The van der Waals surface area contributed by atoms with Crippen molar-refractivity contribution >= 4 is 21.8 Å². The number of hydrogen-bond donors (Lipinski definition) is 1. The maximum absolute atomic E-state index is 11.6. The molecule has 18 heavy (non-hydrogen) atoms. The van der Waals surface area contributed by atoms with E-state index in [1.807, 2.05) is 24.3 Å². The van der Waals surface area contributed by atoms with Gasteiger partial charge in [-0.15, -0.1) is 0 Å². The molecule has 1 aliphatic heterocycles. The van der Waals surface area contributed by atoms with Gasteiger partial charge in [0.25, 0.3) is 0 Å². The fraction of sp³-hybridized carbons (Fsp3) is 0.462. The Kier molecular flexibility index (Phi) is 5.01. The third-order valence-corrected chi connectivity index (χ3v) is 3.37. The van der Waals surface area contributed by atoms with Crippen LogP contribution in [0, 0.1) is 0 Å². The molecule has 1 atom stereocenters. The molecule has 1 aromatic carbocycles. The SMILES string of the molecule is O=C(NCCOc1ccccc1Br)C1CCCO1. The Labute approximate surface area is 115 Å². The van der Waals surface area contributed by atoms with Crippen LogP contribution in [0.4, 0.5) is 0 Å². The lowest BCUT2D eigenvalue weighted by Gasteiger charge is -2.11. The van der Waals surface area contributed by atoms with Crippen LogP contribution in [0.5, 0.6) is 5.75 Å². The Balaban J connectivity index is 1.67. The molecule has 0 aromatic heterocycles. The lowest BCUT2D eigenvalue weighted by atomic mass is 10.2. The molecule has 1 N–H and O–H groups in total. The van der Waals surface area contributed by atoms with E-state index in [9.17, 15) is 4.79 Å². The van der Waals surface area contributed by atoms with Gasteiger partial charge in [-0.1, -0.05) is 12.1 Å². The number of benzene rings is 1. The smallest absolute Gasteiger partial charge is 0.249 e. The fourth-order valence-electron chi connectivity index (χ4n) is 1.80. The van der Waals surface area contributed by atoms with E-state index in [0.29, 0.717) is 19.8 Å². The van der Waals surface area contributed by atoms with E-state index in [1.165, 1.54) is 0 Å². The first-order valence-electron chi connectivity index (χ1n) is 6.04. The minimum atomic E-state index is -0.270. The van der Waals surface area contributed by atoms with Gasteiger partial charge in [-0.3, -0.25) is 4.79 Å².